The Morgan fingerprint density at radius 3 is 2.59 bits per heavy atom. The van der Waals surface area contributed by atoms with Crippen LogP contribution in [0.2, 0.25) is 0 Å². The molecule has 1 saturated heterocycles. The summed E-state index contributed by atoms with van der Waals surface area (Å²) in [5.74, 6) is 1.48. The van der Waals surface area contributed by atoms with Crippen LogP contribution in [0.5, 0.6) is 0 Å². The summed E-state index contributed by atoms with van der Waals surface area (Å²) >= 11 is 0. The summed E-state index contributed by atoms with van der Waals surface area (Å²) in [6.07, 6.45) is 0. The zero-order valence-corrected chi connectivity index (χ0v) is 15.1. The summed E-state index contributed by atoms with van der Waals surface area (Å²) < 4.78 is 0. The summed E-state index contributed by atoms with van der Waals surface area (Å²) in [4.78, 5) is 32.6. The van der Waals surface area contributed by atoms with Crippen LogP contribution in [0.4, 0.5) is 5.82 Å². The highest BCUT2D eigenvalue weighted by atomic mass is 16.1. The van der Waals surface area contributed by atoms with Crippen molar-refractivity contribution in [2.75, 3.05) is 38.1 Å². The Bertz CT molecular complexity index is 1140. The van der Waals surface area contributed by atoms with Gasteiger partial charge in [-0.05, 0) is 25.2 Å². The first-order chi connectivity index (χ1) is 13.2. The van der Waals surface area contributed by atoms with Crippen molar-refractivity contribution in [1.82, 2.24) is 24.8 Å². The monoisotopic (exact) mass is 360 g/mol. The van der Waals surface area contributed by atoms with E-state index < -0.39 is 0 Å². The van der Waals surface area contributed by atoms with Crippen molar-refractivity contribution in [2.24, 2.45) is 0 Å². The van der Waals surface area contributed by atoms with Gasteiger partial charge >= 0.3 is 0 Å². The molecular formula is C20H20N6O. The third-order valence-electron chi connectivity index (χ3n) is 5.18. The lowest BCUT2D eigenvalue weighted by atomic mass is 10.1. The molecule has 5 rings (SSSR count). The van der Waals surface area contributed by atoms with E-state index in [9.17, 15) is 4.79 Å². The van der Waals surface area contributed by atoms with Crippen molar-refractivity contribution >= 4 is 17.0 Å². The van der Waals surface area contributed by atoms with Crippen LogP contribution in [0.15, 0.2) is 47.3 Å². The fourth-order valence-electron chi connectivity index (χ4n) is 3.63. The number of nitrogens with one attached hydrogen (secondary N) is 2. The maximum atomic E-state index is 12.5. The summed E-state index contributed by atoms with van der Waals surface area (Å²) in [5.41, 5.74) is 3.53. The number of hydrogen-bond donors (Lipinski definition) is 2. The first kappa shape index (κ1) is 16.0. The second-order valence-electron chi connectivity index (χ2n) is 6.98. The summed E-state index contributed by atoms with van der Waals surface area (Å²) in [7, 11) is 2.13. The maximum Gasteiger partial charge on any atom is 0.260 e. The lowest BCUT2D eigenvalue weighted by molar-refractivity contribution is 0.312. The van der Waals surface area contributed by atoms with E-state index in [4.69, 9.17) is 4.98 Å². The molecule has 0 saturated carbocycles. The van der Waals surface area contributed by atoms with Gasteiger partial charge in [-0.3, -0.25) is 4.79 Å². The molecule has 0 radical (unpaired) electrons. The normalized spacial score (nSPS) is 15.7. The summed E-state index contributed by atoms with van der Waals surface area (Å²) in [6, 6.07) is 13.6. The van der Waals surface area contributed by atoms with Crippen molar-refractivity contribution in [3.8, 4) is 22.6 Å². The van der Waals surface area contributed by atoms with Gasteiger partial charge < -0.3 is 19.8 Å². The number of H-pyrrole nitrogens is 2. The molecule has 0 spiro atoms. The van der Waals surface area contributed by atoms with Crippen LogP contribution in [0.3, 0.4) is 0 Å². The Morgan fingerprint density at radius 2 is 1.74 bits per heavy atom. The smallest absolute Gasteiger partial charge is 0.260 e. The number of likely N-dealkylation sites (N-methyl/N-ethyl adjacent to an activating group) is 1. The van der Waals surface area contributed by atoms with E-state index in [1.54, 1.807) is 0 Å². The van der Waals surface area contributed by atoms with E-state index in [2.05, 4.69) is 31.8 Å². The van der Waals surface area contributed by atoms with Crippen LogP contribution in [0.1, 0.15) is 0 Å². The zero-order valence-electron chi connectivity index (χ0n) is 15.1. The van der Waals surface area contributed by atoms with Crippen molar-refractivity contribution in [1.29, 1.82) is 0 Å². The lowest BCUT2D eigenvalue weighted by Crippen LogP contribution is -2.44. The van der Waals surface area contributed by atoms with Crippen LogP contribution in [0, 0.1) is 0 Å². The fraction of sp³-hybridized carbons (Fsp3) is 0.250. The third-order valence-corrected chi connectivity index (χ3v) is 5.18. The number of rotatable bonds is 2. The van der Waals surface area contributed by atoms with Crippen molar-refractivity contribution in [3.63, 3.8) is 0 Å². The lowest BCUT2D eigenvalue weighted by Gasteiger charge is -2.33. The van der Waals surface area contributed by atoms with Crippen LogP contribution >= 0.6 is 0 Å². The maximum absolute atomic E-state index is 12.5. The molecule has 0 amide bonds. The molecule has 7 heteroatoms. The molecule has 7 nitrogen and oxygen atoms in total. The van der Waals surface area contributed by atoms with Gasteiger partial charge in [0.15, 0.2) is 5.65 Å². The Kier molecular flexibility index (Phi) is 3.68. The molecule has 1 fully saturated rings. The van der Waals surface area contributed by atoms with Gasteiger partial charge in [0, 0.05) is 37.4 Å². The van der Waals surface area contributed by atoms with E-state index in [0.29, 0.717) is 17.0 Å². The first-order valence-electron chi connectivity index (χ1n) is 9.11. The van der Waals surface area contributed by atoms with E-state index in [-0.39, 0.29) is 5.56 Å². The van der Waals surface area contributed by atoms with E-state index in [0.717, 1.165) is 48.8 Å². The number of pyridine rings is 1. The molecular weight excluding hydrogens is 340 g/mol. The van der Waals surface area contributed by atoms with Gasteiger partial charge in [0.1, 0.15) is 11.6 Å². The van der Waals surface area contributed by atoms with Gasteiger partial charge in [-0.25, -0.2) is 9.97 Å². The average molecular weight is 360 g/mol. The molecule has 3 aliphatic rings. The Balaban J connectivity index is 1.57. The number of aromatic amines is 2. The highest BCUT2D eigenvalue weighted by molar-refractivity contribution is 5.84. The van der Waals surface area contributed by atoms with Gasteiger partial charge in [0.2, 0.25) is 0 Å². The number of imidazole rings is 1. The Labute approximate surface area is 156 Å². The number of nitrogens with zero attached hydrogens (tertiary/aromatic N) is 4. The predicted molar refractivity (Wildman–Crippen MR) is 106 cm³/mol. The van der Waals surface area contributed by atoms with Crippen molar-refractivity contribution in [3.05, 3.63) is 52.8 Å². The largest absolute Gasteiger partial charge is 0.354 e. The standard InChI is InChI=1S/C20H20N6O/c1-25-9-11-26(12-10-25)16-8-7-15-18(23-16)24-19(21-15)17-13-5-3-2-4-6-14(13)22-20(17)27/h2-8H,9-12H2,1H3,(H,22,27)(H,21,23,24). The molecule has 2 aromatic rings. The second-order valence-corrected chi connectivity index (χ2v) is 6.98. The van der Waals surface area contributed by atoms with Crippen LogP contribution in [-0.4, -0.2) is 58.1 Å². The van der Waals surface area contributed by atoms with Crippen LogP contribution in [0.25, 0.3) is 33.8 Å². The van der Waals surface area contributed by atoms with Gasteiger partial charge in [0.05, 0.1) is 11.1 Å². The van der Waals surface area contributed by atoms with Gasteiger partial charge in [-0.15, -0.1) is 0 Å². The second kappa shape index (κ2) is 6.21. The molecule has 2 aromatic heterocycles. The molecule has 0 unspecified atom stereocenters. The topological polar surface area (TPSA) is 80.9 Å². The third kappa shape index (κ3) is 2.76. The predicted octanol–water partition coefficient (Wildman–Crippen LogP) is 2.17. The number of anilines is 1. The highest BCUT2D eigenvalue weighted by Gasteiger charge is 2.20. The average Bonchev–Trinajstić information content (AvgIpc) is 3.13. The molecule has 2 aliphatic heterocycles. The number of aromatic nitrogens is 4. The van der Waals surface area contributed by atoms with Crippen molar-refractivity contribution in [2.45, 2.75) is 0 Å². The van der Waals surface area contributed by atoms with Gasteiger partial charge in [-0.1, -0.05) is 24.3 Å². The molecule has 2 N–H and O–H groups in total. The molecule has 1 aliphatic carbocycles. The van der Waals surface area contributed by atoms with Crippen molar-refractivity contribution < 1.29 is 0 Å². The summed E-state index contributed by atoms with van der Waals surface area (Å²) in [5, 5.41) is 0. The zero-order chi connectivity index (χ0) is 18.4. The summed E-state index contributed by atoms with van der Waals surface area (Å²) in [6.45, 7) is 3.96. The minimum atomic E-state index is -0.144. The molecule has 4 heterocycles. The molecule has 0 bridgehead atoms. The number of piperazine rings is 1. The van der Waals surface area contributed by atoms with Crippen LogP contribution < -0.4 is 10.5 Å². The number of hydrogen-bond acceptors (Lipinski definition) is 5. The Morgan fingerprint density at radius 1 is 0.926 bits per heavy atom. The number of fused-ring (bicyclic) bond motifs is 2. The van der Waals surface area contributed by atoms with E-state index in [1.807, 2.05) is 42.5 Å². The van der Waals surface area contributed by atoms with E-state index in [1.165, 1.54) is 0 Å². The molecule has 27 heavy (non-hydrogen) atoms. The minimum absolute atomic E-state index is 0.144. The minimum Gasteiger partial charge on any atom is -0.354 e. The van der Waals surface area contributed by atoms with Gasteiger partial charge in [0.25, 0.3) is 5.56 Å². The Hall–Kier alpha value is -3.19. The van der Waals surface area contributed by atoms with E-state index >= 15 is 0 Å². The first-order valence-corrected chi connectivity index (χ1v) is 9.11. The SMILES string of the molecule is CN1CCN(c2ccc3[nH]c(-c4c5cccccc-5[nH]c4=O)nc3n2)CC1. The fourth-order valence-corrected chi connectivity index (χ4v) is 3.63. The van der Waals surface area contributed by atoms with Gasteiger partial charge in [-0.2, -0.15) is 0 Å². The van der Waals surface area contributed by atoms with Crippen LogP contribution in [-0.2, 0) is 0 Å². The molecule has 136 valence electrons. The highest BCUT2D eigenvalue weighted by Crippen LogP contribution is 2.29. The quantitative estimate of drug-likeness (QED) is 0.573. The molecule has 0 atom stereocenters. The molecule has 0 aromatic carbocycles.